The number of fused-ring (bicyclic) bond motifs is 3. The molecule has 3 aromatic heterocycles. The van der Waals surface area contributed by atoms with Gasteiger partial charge in [-0.3, -0.25) is 19.7 Å². The van der Waals surface area contributed by atoms with Crippen LogP contribution >= 0.6 is 11.3 Å². The smallest absolute Gasteiger partial charge is 0.267 e. The number of nitrogens with zero attached hydrogens (tertiary/aromatic N) is 4. The molecule has 8 heteroatoms. The summed E-state index contributed by atoms with van der Waals surface area (Å²) < 4.78 is 2.86. The molecule has 1 unspecified atom stereocenters. The Morgan fingerprint density at radius 3 is 3.04 bits per heavy atom. The maximum atomic E-state index is 13.1. The third-order valence-electron chi connectivity index (χ3n) is 4.96. The first-order valence-electron chi connectivity index (χ1n) is 8.86. The molecule has 0 spiro atoms. The summed E-state index contributed by atoms with van der Waals surface area (Å²) in [6, 6.07) is 1.64. The summed E-state index contributed by atoms with van der Waals surface area (Å²) in [5.74, 6) is 0.742. The van der Waals surface area contributed by atoms with E-state index in [2.05, 4.69) is 22.4 Å². The first-order valence-corrected chi connectivity index (χ1v) is 9.68. The van der Waals surface area contributed by atoms with Crippen LogP contribution in [0.1, 0.15) is 47.0 Å². The first kappa shape index (κ1) is 17.0. The summed E-state index contributed by atoms with van der Waals surface area (Å²) in [6.07, 6.45) is 4.55. The van der Waals surface area contributed by atoms with E-state index in [-0.39, 0.29) is 11.5 Å². The van der Waals surface area contributed by atoms with Gasteiger partial charge in [0.1, 0.15) is 16.3 Å². The largest absolute Gasteiger partial charge is 0.288 e. The third-order valence-corrected chi connectivity index (χ3v) is 6.11. The van der Waals surface area contributed by atoms with Crippen molar-refractivity contribution in [1.82, 2.24) is 19.4 Å². The second-order valence-electron chi connectivity index (χ2n) is 6.80. The lowest BCUT2D eigenvalue weighted by Gasteiger charge is -2.17. The highest BCUT2D eigenvalue weighted by Gasteiger charge is 2.24. The van der Waals surface area contributed by atoms with Crippen molar-refractivity contribution in [3.05, 3.63) is 44.6 Å². The Labute approximate surface area is 154 Å². The van der Waals surface area contributed by atoms with Crippen LogP contribution in [-0.2, 0) is 19.4 Å². The second kappa shape index (κ2) is 6.35. The van der Waals surface area contributed by atoms with Gasteiger partial charge in [-0.1, -0.05) is 6.92 Å². The van der Waals surface area contributed by atoms with Crippen LogP contribution in [0.4, 0.5) is 0 Å². The summed E-state index contributed by atoms with van der Waals surface area (Å²) >= 11 is 1.61. The van der Waals surface area contributed by atoms with Gasteiger partial charge in [-0.05, 0) is 50.7 Å². The van der Waals surface area contributed by atoms with Crippen LogP contribution in [0.5, 0.6) is 0 Å². The molecule has 1 atom stereocenters. The molecule has 7 nitrogen and oxygen atoms in total. The zero-order valence-electron chi connectivity index (χ0n) is 15.1. The quantitative estimate of drug-likeness (QED) is 0.767. The van der Waals surface area contributed by atoms with E-state index in [1.807, 2.05) is 6.92 Å². The molecule has 1 aliphatic carbocycles. The molecule has 0 aliphatic heterocycles. The summed E-state index contributed by atoms with van der Waals surface area (Å²) in [5, 5.41) is 4.76. The third kappa shape index (κ3) is 2.65. The standard InChI is InChI=1S/C18H21N5O2S/c1-4-22-13(7-8-19-22)16(24)21-23-11(3)20-17-15(18(23)25)12-6-5-10(2)9-14(12)26-17/h7-8,10H,4-6,9H2,1-3H3,(H,21,24). The van der Waals surface area contributed by atoms with Crippen LogP contribution < -0.4 is 11.0 Å². The van der Waals surface area contributed by atoms with Crippen molar-refractivity contribution >= 4 is 27.5 Å². The number of rotatable bonds is 3. The monoisotopic (exact) mass is 371 g/mol. The van der Waals surface area contributed by atoms with Gasteiger partial charge in [-0.2, -0.15) is 5.10 Å². The van der Waals surface area contributed by atoms with Crippen molar-refractivity contribution in [2.24, 2.45) is 5.92 Å². The minimum absolute atomic E-state index is 0.199. The van der Waals surface area contributed by atoms with Crippen LogP contribution in [0.15, 0.2) is 17.1 Å². The van der Waals surface area contributed by atoms with E-state index in [9.17, 15) is 9.59 Å². The lowest BCUT2D eigenvalue weighted by atomic mass is 9.89. The average Bonchev–Trinajstić information content (AvgIpc) is 3.21. The fourth-order valence-corrected chi connectivity index (χ4v) is 4.98. The molecule has 0 fully saturated rings. The second-order valence-corrected chi connectivity index (χ2v) is 7.89. The van der Waals surface area contributed by atoms with E-state index >= 15 is 0 Å². The molecular weight excluding hydrogens is 350 g/mol. The number of hydrogen-bond donors (Lipinski definition) is 1. The fraction of sp³-hybridized carbons (Fsp3) is 0.444. The molecule has 0 radical (unpaired) electrons. The number of nitrogens with one attached hydrogen (secondary N) is 1. The predicted octanol–water partition coefficient (Wildman–Crippen LogP) is 2.49. The van der Waals surface area contributed by atoms with E-state index in [1.54, 1.807) is 35.2 Å². The molecule has 1 N–H and O–H groups in total. The van der Waals surface area contributed by atoms with Crippen molar-refractivity contribution in [2.75, 3.05) is 5.43 Å². The van der Waals surface area contributed by atoms with Gasteiger partial charge in [0.15, 0.2) is 0 Å². The van der Waals surface area contributed by atoms with Crippen LogP contribution in [0.2, 0.25) is 0 Å². The van der Waals surface area contributed by atoms with E-state index < -0.39 is 0 Å². The van der Waals surface area contributed by atoms with Gasteiger partial charge in [0.2, 0.25) is 0 Å². The van der Waals surface area contributed by atoms with Crippen LogP contribution in [-0.4, -0.2) is 25.3 Å². The summed E-state index contributed by atoms with van der Waals surface area (Å²) in [4.78, 5) is 32.3. The molecule has 136 valence electrons. The number of thiophene rings is 1. The molecule has 0 bridgehead atoms. The molecule has 3 heterocycles. The summed E-state index contributed by atoms with van der Waals surface area (Å²) in [7, 11) is 0. The van der Waals surface area contributed by atoms with Crippen molar-refractivity contribution < 1.29 is 4.79 Å². The molecule has 1 aliphatic rings. The van der Waals surface area contributed by atoms with Gasteiger partial charge in [0.25, 0.3) is 11.5 Å². The molecule has 26 heavy (non-hydrogen) atoms. The van der Waals surface area contributed by atoms with Gasteiger partial charge in [0.05, 0.1) is 5.39 Å². The Hall–Kier alpha value is -2.48. The first-order chi connectivity index (χ1) is 12.5. The number of hydrogen-bond acceptors (Lipinski definition) is 5. The molecule has 0 saturated carbocycles. The highest BCUT2D eigenvalue weighted by molar-refractivity contribution is 7.18. The molecular formula is C18H21N5O2S. The lowest BCUT2D eigenvalue weighted by Crippen LogP contribution is -2.36. The normalized spacial score (nSPS) is 16.7. The van der Waals surface area contributed by atoms with Crippen molar-refractivity contribution in [3.63, 3.8) is 0 Å². The Morgan fingerprint density at radius 2 is 2.27 bits per heavy atom. The molecule has 0 aromatic carbocycles. The van der Waals surface area contributed by atoms with Crippen molar-refractivity contribution in [3.8, 4) is 0 Å². The van der Waals surface area contributed by atoms with Gasteiger partial charge in [-0.25, -0.2) is 9.66 Å². The maximum Gasteiger partial charge on any atom is 0.288 e. The van der Waals surface area contributed by atoms with E-state index in [1.165, 1.54) is 9.55 Å². The molecule has 4 rings (SSSR count). The van der Waals surface area contributed by atoms with Crippen LogP contribution in [0.25, 0.3) is 10.2 Å². The van der Waals surface area contributed by atoms with Crippen LogP contribution in [0, 0.1) is 12.8 Å². The summed E-state index contributed by atoms with van der Waals surface area (Å²) in [5.41, 5.74) is 4.03. The Balaban J connectivity index is 1.78. The number of amides is 1. The zero-order chi connectivity index (χ0) is 18.4. The van der Waals surface area contributed by atoms with E-state index in [0.717, 1.165) is 29.7 Å². The maximum absolute atomic E-state index is 13.1. The predicted molar refractivity (Wildman–Crippen MR) is 101 cm³/mol. The van der Waals surface area contributed by atoms with Crippen LogP contribution in [0.3, 0.4) is 0 Å². The highest BCUT2D eigenvalue weighted by Crippen LogP contribution is 2.35. The topological polar surface area (TPSA) is 81.8 Å². The SMILES string of the molecule is CCn1nccc1C(=O)Nn1c(C)nc2sc3c(c2c1=O)CCC(C)C3. The number of carbonyl (C=O) groups is 1. The highest BCUT2D eigenvalue weighted by atomic mass is 32.1. The number of carbonyl (C=O) groups excluding carboxylic acids is 1. The molecule has 0 saturated heterocycles. The van der Waals surface area contributed by atoms with E-state index in [4.69, 9.17) is 0 Å². The van der Waals surface area contributed by atoms with Gasteiger partial charge < -0.3 is 0 Å². The number of aryl methyl sites for hydroxylation is 3. The lowest BCUT2D eigenvalue weighted by molar-refractivity contribution is 0.0996. The van der Waals surface area contributed by atoms with Crippen molar-refractivity contribution in [2.45, 2.75) is 46.6 Å². The Kier molecular flexibility index (Phi) is 4.14. The van der Waals surface area contributed by atoms with Gasteiger partial charge in [0, 0.05) is 17.6 Å². The molecule has 1 amide bonds. The van der Waals surface area contributed by atoms with Gasteiger partial charge >= 0.3 is 0 Å². The Morgan fingerprint density at radius 1 is 1.46 bits per heavy atom. The minimum atomic E-state index is -0.367. The Bertz CT molecular complexity index is 1060. The summed E-state index contributed by atoms with van der Waals surface area (Å²) in [6.45, 7) is 6.46. The minimum Gasteiger partial charge on any atom is -0.267 e. The van der Waals surface area contributed by atoms with Crippen molar-refractivity contribution in [1.29, 1.82) is 0 Å². The van der Waals surface area contributed by atoms with Gasteiger partial charge in [-0.15, -0.1) is 11.3 Å². The zero-order valence-corrected chi connectivity index (χ0v) is 15.9. The average molecular weight is 371 g/mol. The number of aromatic nitrogens is 4. The fourth-order valence-electron chi connectivity index (χ4n) is 3.56. The molecule has 3 aromatic rings. The van der Waals surface area contributed by atoms with E-state index in [0.29, 0.717) is 29.4 Å².